The number of imidazole rings is 1. The van der Waals surface area contributed by atoms with Gasteiger partial charge in [-0.25, -0.2) is 4.98 Å². The van der Waals surface area contributed by atoms with Gasteiger partial charge in [-0.2, -0.15) is 0 Å². The maximum absolute atomic E-state index is 11.8. The first-order valence-corrected chi connectivity index (χ1v) is 5.18. The molecule has 82 valence electrons. The summed E-state index contributed by atoms with van der Waals surface area (Å²) in [6.45, 7) is 0. The number of H-pyrrole nitrogens is 1. The van der Waals surface area contributed by atoms with Gasteiger partial charge in [0, 0.05) is 17.4 Å². The van der Waals surface area contributed by atoms with Crippen LogP contribution in [-0.4, -0.2) is 15.9 Å². The molecule has 6 heteroatoms. The molecule has 1 heterocycles. The summed E-state index contributed by atoms with van der Waals surface area (Å²) in [5.41, 5.74) is 0.311. The van der Waals surface area contributed by atoms with Crippen LogP contribution in [0.1, 0.15) is 10.4 Å². The minimum absolute atomic E-state index is 0.311. The lowest BCUT2D eigenvalue weighted by Crippen LogP contribution is -2.13. The monoisotopic (exact) mass is 255 g/mol. The fraction of sp³-hybridized carbons (Fsp3) is 0. The van der Waals surface area contributed by atoms with E-state index >= 15 is 0 Å². The van der Waals surface area contributed by atoms with Crippen molar-refractivity contribution in [2.75, 3.05) is 5.32 Å². The van der Waals surface area contributed by atoms with E-state index < -0.39 is 0 Å². The van der Waals surface area contributed by atoms with Crippen LogP contribution >= 0.6 is 23.2 Å². The number of hydrogen-bond donors (Lipinski definition) is 2. The number of hydrogen-bond acceptors (Lipinski definition) is 2. The number of anilines is 1. The highest BCUT2D eigenvalue weighted by Crippen LogP contribution is 2.21. The van der Waals surface area contributed by atoms with Crippen molar-refractivity contribution in [3.63, 3.8) is 0 Å². The maximum atomic E-state index is 11.8. The Morgan fingerprint density at radius 1 is 1.38 bits per heavy atom. The Labute approximate surface area is 102 Å². The summed E-state index contributed by atoms with van der Waals surface area (Å²) in [7, 11) is 0. The van der Waals surface area contributed by atoms with Crippen molar-refractivity contribution in [3.8, 4) is 0 Å². The number of halogens is 2. The van der Waals surface area contributed by atoms with Crippen molar-refractivity contribution in [2.24, 2.45) is 0 Å². The quantitative estimate of drug-likeness (QED) is 0.867. The molecule has 16 heavy (non-hydrogen) atoms. The average molecular weight is 256 g/mol. The first-order chi connectivity index (χ1) is 7.66. The number of aromatic amines is 1. The zero-order chi connectivity index (χ0) is 11.5. The number of carbonyl (C=O) groups excluding carboxylic acids is 1. The third-order valence-corrected chi connectivity index (χ3v) is 2.47. The largest absolute Gasteiger partial charge is 0.331 e. The van der Waals surface area contributed by atoms with E-state index in [0.29, 0.717) is 21.6 Å². The van der Waals surface area contributed by atoms with Crippen LogP contribution in [0.5, 0.6) is 0 Å². The lowest BCUT2D eigenvalue weighted by molar-refractivity contribution is 0.102. The average Bonchev–Trinajstić information content (AvgIpc) is 2.74. The van der Waals surface area contributed by atoms with E-state index in [0.717, 1.165) is 0 Å². The molecule has 1 aromatic carbocycles. The van der Waals surface area contributed by atoms with Crippen molar-refractivity contribution in [3.05, 3.63) is 46.2 Å². The van der Waals surface area contributed by atoms with Crippen molar-refractivity contribution in [1.82, 2.24) is 9.97 Å². The number of nitrogens with one attached hydrogen (secondary N) is 2. The summed E-state index contributed by atoms with van der Waals surface area (Å²) in [5.74, 6) is 0.00323. The first-order valence-electron chi connectivity index (χ1n) is 4.42. The van der Waals surface area contributed by atoms with Gasteiger partial charge >= 0.3 is 0 Å². The molecule has 0 radical (unpaired) electrons. The molecule has 0 saturated carbocycles. The smallest absolute Gasteiger partial charge is 0.259 e. The lowest BCUT2D eigenvalue weighted by atomic mass is 10.2. The molecule has 0 unspecified atom stereocenters. The molecule has 2 rings (SSSR count). The number of carbonyl (C=O) groups is 1. The molecular weight excluding hydrogens is 249 g/mol. The Bertz CT molecular complexity index is 511. The molecule has 4 nitrogen and oxygen atoms in total. The molecule has 0 aliphatic carbocycles. The number of nitrogens with zero attached hydrogens (tertiary/aromatic N) is 1. The van der Waals surface area contributed by atoms with Gasteiger partial charge in [0.25, 0.3) is 5.91 Å². The summed E-state index contributed by atoms with van der Waals surface area (Å²) in [6.07, 6.45) is 3.14. The molecular formula is C10H7Cl2N3O. The van der Waals surface area contributed by atoms with Crippen LogP contribution in [-0.2, 0) is 0 Å². The predicted octanol–water partition coefficient (Wildman–Crippen LogP) is 2.97. The van der Waals surface area contributed by atoms with Crippen LogP contribution in [0.25, 0.3) is 0 Å². The van der Waals surface area contributed by atoms with Crippen molar-refractivity contribution >= 4 is 35.1 Å². The van der Waals surface area contributed by atoms with Crippen LogP contribution in [0.3, 0.4) is 0 Å². The van der Waals surface area contributed by atoms with Crippen molar-refractivity contribution in [2.45, 2.75) is 0 Å². The molecule has 0 fully saturated rings. The third-order valence-electron chi connectivity index (χ3n) is 1.90. The normalized spacial score (nSPS) is 10.1. The Kier molecular flexibility index (Phi) is 3.12. The molecule has 0 bridgehead atoms. The maximum Gasteiger partial charge on any atom is 0.259 e. The summed E-state index contributed by atoms with van der Waals surface area (Å²) in [5, 5.41) is 3.35. The van der Waals surface area contributed by atoms with Crippen LogP contribution in [0.2, 0.25) is 10.0 Å². The van der Waals surface area contributed by atoms with E-state index in [4.69, 9.17) is 23.2 Å². The van der Waals surface area contributed by atoms with E-state index in [9.17, 15) is 4.79 Å². The SMILES string of the molecule is O=C(Nc1ncc[nH]1)c1cc(Cl)ccc1Cl. The van der Waals surface area contributed by atoms with Crippen LogP contribution in [0, 0.1) is 0 Å². The van der Waals surface area contributed by atoms with E-state index in [1.54, 1.807) is 18.3 Å². The van der Waals surface area contributed by atoms with Crippen LogP contribution in [0.15, 0.2) is 30.6 Å². The number of aromatic nitrogens is 2. The minimum atomic E-state index is -0.359. The van der Waals surface area contributed by atoms with Crippen molar-refractivity contribution < 1.29 is 4.79 Å². The Hall–Kier alpha value is -1.52. The Morgan fingerprint density at radius 3 is 2.88 bits per heavy atom. The van der Waals surface area contributed by atoms with E-state index in [-0.39, 0.29) is 5.91 Å². The van der Waals surface area contributed by atoms with Gasteiger partial charge in [-0.15, -0.1) is 0 Å². The van der Waals surface area contributed by atoms with Crippen LogP contribution < -0.4 is 5.32 Å². The first kappa shape index (κ1) is 11.0. The molecule has 0 saturated heterocycles. The molecule has 2 aromatic rings. The topological polar surface area (TPSA) is 57.8 Å². The van der Waals surface area contributed by atoms with E-state index in [1.165, 1.54) is 12.3 Å². The van der Waals surface area contributed by atoms with Gasteiger partial charge in [0.1, 0.15) is 0 Å². The second-order valence-corrected chi connectivity index (χ2v) is 3.86. The zero-order valence-electron chi connectivity index (χ0n) is 8.00. The second kappa shape index (κ2) is 4.55. The lowest BCUT2D eigenvalue weighted by Gasteiger charge is -2.04. The molecule has 0 aliphatic heterocycles. The fourth-order valence-electron chi connectivity index (χ4n) is 1.18. The third kappa shape index (κ3) is 2.35. The second-order valence-electron chi connectivity index (χ2n) is 3.02. The number of amides is 1. The molecule has 0 spiro atoms. The van der Waals surface area contributed by atoms with Crippen molar-refractivity contribution in [1.29, 1.82) is 0 Å². The Balaban J connectivity index is 2.24. The molecule has 0 aliphatic rings. The molecule has 1 amide bonds. The summed E-state index contributed by atoms with van der Waals surface area (Å²) < 4.78 is 0. The van der Waals surface area contributed by atoms with Gasteiger partial charge in [0.15, 0.2) is 0 Å². The van der Waals surface area contributed by atoms with Gasteiger partial charge in [-0.05, 0) is 18.2 Å². The Morgan fingerprint density at radius 2 is 2.19 bits per heavy atom. The highest BCUT2D eigenvalue weighted by Gasteiger charge is 2.11. The standard InChI is InChI=1S/C10H7Cl2N3O/c11-6-1-2-8(12)7(5-6)9(16)15-10-13-3-4-14-10/h1-5H,(H2,13,14,15,16). The fourth-order valence-corrected chi connectivity index (χ4v) is 1.56. The molecule has 2 N–H and O–H groups in total. The summed E-state index contributed by atoms with van der Waals surface area (Å²) in [6, 6.07) is 4.69. The van der Waals surface area contributed by atoms with Gasteiger partial charge in [-0.1, -0.05) is 23.2 Å². The van der Waals surface area contributed by atoms with Gasteiger partial charge < -0.3 is 4.98 Å². The van der Waals surface area contributed by atoms with Gasteiger partial charge in [0.05, 0.1) is 10.6 Å². The zero-order valence-corrected chi connectivity index (χ0v) is 9.51. The summed E-state index contributed by atoms with van der Waals surface area (Å²) >= 11 is 11.7. The molecule has 1 aromatic heterocycles. The highest BCUT2D eigenvalue weighted by atomic mass is 35.5. The van der Waals surface area contributed by atoms with Gasteiger partial charge in [0.2, 0.25) is 5.95 Å². The number of rotatable bonds is 2. The van der Waals surface area contributed by atoms with E-state index in [2.05, 4.69) is 15.3 Å². The minimum Gasteiger partial charge on any atom is -0.331 e. The predicted molar refractivity (Wildman–Crippen MR) is 63.0 cm³/mol. The highest BCUT2D eigenvalue weighted by molar-refractivity contribution is 6.36. The van der Waals surface area contributed by atoms with E-state index in [1.807, 2.05) is 0 Å². The van der Waals surface area contributed by atoms with Gasteiger partial charge in [-0.3, -0.25) is 10.1 Å². The summed E-state index contributed by atoms with van der Waals surface area (Å²) in [4.78, 5) is 18.4. The van der Waals surface area contributed by atoms with Crippen LogP contribution in [0.4, 0.5) is 5.95 Å². The number of benzene rings is 1. The molecule has 0 atom stereocenters.